The number of nitrogens with one attached hydrogen (secondary N) is 2. The Kier molecular flexibility index (Phi) is 4.67. The Morgan fingerprint density at radius 1 is 1.11 bits per heavy atom. The summed E-state index contributed by atoms with van der Waals surface area (Å²) in [4.78, 5) is 0.307. The number of nitrogens with zero attached hydrogens (tertiary/aromatic N) is 1. The first-order valence-electron chi connectivity index (χ1n) is 4.76. The number of hydrogen-bond acceptors (Lipinski definition) is 6. The lowest BCUT2D eigenvalue weighted by Crippen LogP contribution is -2.12. The zero-order valence-electron chi connectivity index (χ0n) is 10.0. The van der Waals surface area contributed by atoms with E-state index in [2.05, 4.69) is 9.44 Å². The second kappa shape index (κ2) is 5.68. The van der Waals surface area contributed by atoms with E-state index in [1.165, 1.54) is 18.2 Å². The minimum atomic E-state index is -3.48. The predicted molar refractivity (Wildman–Crippen MR) is 74.8 cm³/mol. The van der Waals surface area contributed by atoms with Gasteiger partial charge in [0, 0.05) is 10.6 Å². The van der Waals surface area contributed by atoms with Crippen LogP contribution in [0.15, 0.2) is 23.1 Å². The monoisotopic (exact) mass is 321 g/mol. The highest BCUT2D eigenvalue weighted by molar-refractivity contribution is 8.04. The molecule has 1 aromatic carbocycles. The van der Waals surface area contributed by atoms with Crippen LogP contribution in [0.1, 0.15) is 0 Å². The van der Waals surface area contributed by atoms with Gasteiger partial charge >= 0.3 is 0 Å². The van der Waals surface area contributed by atoms with Gasteiger partial charge in [0.1, 0.15) is 5.40 Å². The Labute approximate surface area is 116 Å². The molecule has 1 aromatic rings. The van der Waals surface area contributed by atoms with Crippen LogP contribution in [0.5, 0.6) is 0 Å². The molecular weight excluding hydrogens is 310 g/mol. The van der Waals surface area contributed by atoms with Gasteiger partial charge in [-0.2, -0.15) is 5.26 Å². The van der Waals surface area contributed by atoms with E-state index < -0.39 is 20.0 Å². The van der Waals surface area contributed by atoms with Crippen molar-refractivity contribution in [1.29, 1.82) is 5.26 Å². The first-order chi connectivity index (χ1) is 8.61. The molecule has 0 aliphatic heterocycles. The van der Waals surface area contributed by atoms with Gasteiger partial charge in [0.15, 0.2) is 0 Å². The van der Waals surface area contributed by atoms with Crippen LogP contribution in [0.2, 0.25) is 0 Å². The molecule has 0 atom stereocenters. The quantitative estimate of drug-likeness (QED) is 0.617. The second-order valence-electron chi connectivity index (χ2n) is 3.65. The average molecular weight is 321 g/mol. The van der Waals surface area contributed by atoms with E-state index in [-0.39, 0.29) is 11.4 Å². The highest BCUT2D eigenvalue weighted by atomic mass is 32.2. The molecule has 0 saturated heterocycles. The van der Waals surface area contributed by atoms with Crippen LogP contribution in [0, 0.1) is 10.7 Å². The standard InChI is InChI=1S/C9H11N3O4S3/c1-18(13,14)11-7-3-4-8(12-19(2,15)16)9(5-7)17-6-10/h3-5,11-12H,1-2H3. The van der Waals surface area contributed by atoms with E-state index >= 15 is 0 Å². The molecule has 0 bridgehead atoms. The number of sulfonamides is 2. The summed E-state index contributed by atoms with van der Waals surface area (Å²) in [6.45, 7) is 0. The van der Waals surface area contributed by atoms with Gasteiger partial charge in [-0.15, -0.1) is 0 Å². The number of hydrogen-bond donors (Lipinski definition) is 2. The van der Waals surface area contributed by atoms with Crippen molar-refractivity contribution in [2.24, 2.45) is 0 Å². The smallest absolute Gasteiger partial charge is 0.229 e. The fourth-order valence-electron chi connectivity index (χ4n) is 1.22. The lowest BCUT2D eigenvalue weighted by atomic mass is 10.3. The Morgan fingerprint density at radius 3 is 2.16 bits per heavy atom. The molecule has 104 valence electrons. The molecule has 0 aliphatic rings. The normalized spacial score (nSPS) is 11.6. The van der Waals surface area contributed by atoms with Crippen LogP contribution in [0.25, 0.3) is 0 Å². The van der Waals surface area contributed by atoms with E-state index in [0.29, 0.717) is 4.90 Å². The predicted octanol–water partition coefficient (Wildman–Crippen LogP) is 1.00. The third-order valence-electron chi connectivity index (χ3n) is 1.74. The molecule has 0 saturated carbocycles. The average Bonchev–Trinajstić information content (AvgIpc) is 2.18. The number of nitriles is 1. The van der Waals surface area contributed by atoms with Crippen LogP contribution in [0.4, 0.5) is 11.4 Å². The molecule has 1 rings (SSSR count). The number of thiocyanates is 1. The molecule has 0 aromatic heterocycles. The molecule has 0 radical (unpaired) electrons. The summed E-state index contributed by atoms with van der Waals surface area (Å²) in [5.74, 6) is 0. The van der Waals surface area contributed by atoms with Crippen molar-refractivity contribution in [3.8, 4) is 5.40 Å². The van der Waals surface area contributed by atoms with Crippen LogP contribution in [0.3, 0.4) is 0 Å². The molecule has 19 heavy (non-hydrogen) atoms. The van der Waals surface area contributed by atoms with Crippen molar-refractivity contribution in [2.45, 2.75) is 4.90 Å². The first-order valence-corrected chi connectivity index (χ1v) is 9.36. The Bertz CT molecular complexity index is 720. The second-order valence-corrected chi connectivity index (χ2v) is 7.98. The van der Waals surface area contributed by atoms with Gasteiger partial charge in [-0.3, -0.25) is 9.44 Å². The van der Waals surface area contributed by atoms with Crippen molar-refractivity contribution in [3.63, 3.8) is 0 Å². The van der Waals surface area contributed by atoms with Crippen molar-refractivity contribution in [3.05, 3.63) is 18.2 Å². The van der Waals surface area contributed by atoms with E-state index in [1.807, 2.05) is 0 Å². The topological polar surface area (TPSA) is 116 Å². The summed E-state index contributed by atoms with van der Waals surface area (Å²) in [6, 6.07) is 4.16. The summed E-state index contributed by atoms with van der Waals surface area (Å²) >= 11 is 0.727. The Balaban J connectivity index is 3.19. The first kappa shape index (κ1) is 15.6. The van der Waals surface area contributed by atoms with E-state index in [9.17, 15) is 16.8 Å². The van der Waals surface area contributed by atoms with Crippen LogP contribution in [-0.4, -0.2) is 29.3 Å². The van der Waals surface area contributed by atoms with Crippen molar-refractivity contribution in [1.82, 2.24) is 0 Å². The summed E-state index contributed by atoms with van der Waals surface area (Å²) < 4.78 is 49.0. The molecule has 0 spiro atoms. The fourth-order valence-corrected chi connectivity index (χ4v) is 2.93. The Hall–Kier alpha value is -1.44. The highest BCUT2D eigenvalue weighted by Crippen LogP contribution is 2.30. The van der Waals surface area contributed by atoms with Crippen LogP contribution >= 0.6 is 11.8 Å². The third kappa shape index (κ3) is 5.82. The molecule has 0 unspecified atom stereocenters. The Morgan fingerprint density at radius 2 is 1.68 bits per heavy atom. The number of thioether (sulfide) groups is 1. The minimum Gasteiger partial charge on any atom is -0.284 e. The molecule has 7 nitrogen and oxygen atoms in total. The zero-order valence-corrected chi connectivity index (χ0v) is 12.5. The number of anilines is 2. The molecule has 10 heteroatoms. The van der Waals surface area contributed by atoms with Gasteiger partial charge < -0.3 is 0 Å². The molecular formula is C9H11N3O4S3. The third-order valence-corrected chi connectivity index (χ3v) is 3.58. The lowest BCUT2D eigenvalue weighted by Gasteiger charge is -2.10. The van der Waals surface area contributed by atoms with Gasteiger partial charge in [0.05, 0.1) is 18.2 Å². The van der Waals surface area contributed by atoms with Crippen LogP contribution in [-0.2, 0) is 20.0 Å². The van der Waals surface area contributed by atoms with Crippen molar-refractivity contribution < 1.29 is 16.8 Å². The maximum Gasteiger partial charge on any atom is 0.229 e. The molecule has 0 aliphatic carbocycles. The van der Waals surface area contributed by atoms with Gasteiger partial charge in [-0.25, -0.2) is 16.8 Å². The van der Waals surface area contributed by atoms with Crippen molar-refractivity contribution >= 4 is 43.2 Å². The SMILES string of the molecule is CS(=O)(=O)Nc1ccc(NS(C)(=O)=O)c(SC#N)c1. The highest BCUT2D eigenvalue weighted by Gasteiger charge is 2.10. The molecule has 0 heterocycles. The van der Waals surface area contributed by atoms with E-state index in [4.69, 9.17) is 5.26 Å². The van der Waals surface area contributed by atoms with Gasteiger partial charge in [-0.05, 0) is 30.0 Å². The molecule has 2 N–H and O–H groups in total. The van der Waals surface area contributed by atoms with Crippen molar-refractivity contribution in [2.75, 3.05) is 22.0 Å². The molecule has 0 fully saturated rings. The largest absolute Gasteiger partial charge is 0.284 e. The minimum absolute atomic E-state index is 0.216. The zero-order chi connectivity index (χ0) is 14.7. The number of benzene rings is 1. The lowest BCUT2D eigenvalue weighted by molar-refractivity contribution is 0.604. The maximum absolute atomic E-state index is 11.2. The van der Waals surface area contributed by atoms with E-state index in [0.717, 1.165) is 24.3 Å². The van der Waals surface area contributed by atoms with E-state index in [1.54, 1.807) is 5.40 Å². The number of rotatable bonds is 5. The van der Waals surface area contributed by atoms with Crippen LogP contribution < -0.4 is 9.44 Å². The maximum atomic E-state index is 11.2. The summed E-state index contributed by atoms with van der Waals surface area (Å²) in [7, 11) is -6.92. The van der Waals surface area contributed by atoms with Gasteiger partial charge in [0.2, 0.25) is 20.0 Å². The fraction of sp³-hybridized carbons (Fsp3) is 0.222. The van der Waals surface area contributed by atoms with Gasteiger partial charge in [-0.1, -0.05) is 0 Å². The van der Waals surface area contributed by atoms with Gasteiger partial charge in [0.25, 0.3) is 0 Å². The summed E-state index contributed by atoms with van der Waals surface area (Å²) in [5, 5.41) is 10.5. The summed E-state index contributed by atoms with van der Waals surface area (Å²) in [6.07, 6.45) is 1.98. The molecule has 0 amide bonds. The summed E-state index contributed by atoms with van der Waals surface area (Å²) in [5.41, 5.74) is 0.465.